The summed E-state index contributed by atoms with van der Waals surface area (Å²) in [5, 5.41) is 0. The lowest BCUT2D eigenvalue weighted by atomic mass is 10.0. The van der Waals surface area contributed by atoms with Crippen LogP contribution in [0.2, 0.25) is 0 Å². The molecule has 2 aromatic carbocycles. The molecule has 0 unspecified atom stereocenters. The van der Waals surface area contributed by atoms with Crippen LogP contribution in [0.3, 0.4) is 0 Å². The van der Waals surface area contributed by atoms with Gasteiger partial charge in [-0.1, -0.05) is 54.1 Å². The predicted molar refractivity (Wildman–Crippen MR) is 112 cm³/mol. The van der Waals surface area contributed by atoms with Crippen LogP contribution in [0.15, 0.2) is 48.5 Å². The van der Waals surface area contributed by atoms with E-state index in [-0.39, 0.29) is 18.3 Å². The van der Waals surface area contributed by atoms with Crippen molar-refractivity contribution in [3.63, 3.8) is 0 Å². The first kappa shape index (κ1) is 19.7. The number of nitrogens with zero attached hydrogens (tertiary/aromatic N) is 1. The Balaban J connectivity index is 1.48. The Morgan fingerprint density at radius 1 is 1.17 bits per heavy atom. The van der Waals surface area contributed by atoms with Crippen molar-refractivity contribution in [3.05, 3.63) is 70.8 Å². The fourth-order valence-electron chi connectivity index (χ4n) is 4.25. The summed E-state index contributed by atoms with van der Waals surface area (Å²) in [5.41, 5.74) is 3.52. The minimum absolute atomic E-state index is 0.0403. The zero-order chi connectivity index (χ0) is 20.6. The highest BCUT2D eigenvalue weighted by Crippen LogP contribution is 2.54. The van der Waals surface area contributed by atoms with E-state index in [1.54, 1.807) is 22.7 Å². The Labute approximate surface area is 174 Å². The maximum atomic E-state index is 12.8. The molecule has 2 atom stereocenters. The van der Waals surface area contributed by atoms with Gasteiger partial charge in [0.05, 0.1) is 0 Å². The van der Waals surface area contributed by atoms with Crippen LogP contribution in [0.1, 0.15) is 39.9 Å². The number of benzene rings is 2. The van der Waals surface area contributed by atoms with E-state index in [9.17, 15) is 14.4 Å². The van der Waals surface area contributed by atoms with Gasteiger partial charge >= 0.3 is 5.97 Å². The Morgan fingerprint density at radius 3 is 2.66 bits per heavy atom. The zero-order valence-corrected chi connectivity index (χ0v) is 17.3. The van der Waals surface area contributed by atoms with Gasteiger partial charge in [-0.3, -0.25) is 9.59 Å². The van der Waals surface area contributed by atoms with Gasteiger partial charge in [0.1, 0.15) is 10.9 Å². The van der Waals surface area contributed by atoms with Gasteiger partial charge in [-0.25, -0.2) is 4.79 Å². The first-order chi connectivity index (χ1) is 13.9. The van der Waals surface area contributed by atoms with E-state index in [1.807, 2.05) is 56.3 Å². The number of carbonyl (C=O) groups is 3. The number of amides is 1. The second-order valence-corrected chi connectivity index (χ2v) is 8.89. The molecule has 2 aromatic rings. The lowest BCUT2D eigenvalue weighted by Gasteiger charge is -2.33. The molecule has 0 aliphatic carbocycles. The number of hydrogen-bond donors (Lipinski definition) is 0. The molecule has 0 spiro atoms. The first-order valence-electron chi connectivity index (χ1n) is 9.71. The van der Waals surface area contributed by atoms with Gasteiger partial charge in [0, 0.05) is 17.7 Å². The maximum absolute atomic E-state index is 12.8. The van der Waals surface area contributed by atoms with Crippen molar-refractivity contribution in [2.75, 3.05) is 12.4 Å². The lowest BCUT2D eigenvalue weighted by Crippen LogP contribution is -2.47. The number of rotatable bonds is 5. The van der Waals surface area contributed by atoms with Crippen molar-refractivity contribution in [1.29, 1.82) is 0 Å². The van der Waals surface area contributed by atoms with Crippen LogP contribution >= 0.6 is 11.8 Å². The number of thioether (sulfide) groups is 1. The minimum Gasteiger partial charge on any atom is -0.456 e. The molecule has 0 aromatic heterocycles. The monoisotopic (exact) mass is 409 g/mol. The largest absolute Gasteiger partial charge is 0.456 e. The van der Waals surface area contributed by atoms with Crippen molar-refractivity contribution in [2.24, 2.45) is 0 Å². The zero-order valence-electron chi connectivity index (χ0n) is 16.5. The molecule has 1 amide bonds. The SMILES string of the molecule is Cc1ccc(C(=O)COC(=O)[C@@H]2CS[C@@]3(c4ccccc4)CCC(=O)N23)c(C)c1. The number of esters is 1. The maximum Gasteiger partial charge on any atom is 0.330 e. The second-order valence-electron chi connectivity index (χ2n) is 7.59. The van der Waals surface area contributed by atoms with Gasteiger partial charge in [0.2, 0.25) is 11.7 Å². The fourth-order valence-corrected chi connectivity index (χ4v) is 5.89. The third-order valence-electron chi connectivity index (χ3n) is 5.65. The lowest BCUT2D eigenvalue weighted by molar-refractivity contribution is -0.152. The van der Waals surface area contributed by atoms with Crippen LogP contribution in [0.5, 0.6) is 0 Å². The molecule has 2 aliphatic rings. The van der Waals surface area contributed by atoms with Gasteiger partial charge in [-0.15, -0.1) is 11.8 Å². The van der Waals surface area contributed by atoms with Crippen molar-refractivity contribution in [3.8, 4) is 0 Å². The summed E-state index contributed by atoms with van der Waals surface area (Å²) in [6, 6.07) is 14.7. The van der Waals surface area contributed by atoms with E-state index in [4.69, 9.17) is 4.74 Å². The van der Waals surface area contributed by atoms with Crippen molar-refractivity contribution >= 4 is 29.4 Å². The summed E-state index contributed by atoms with van der Waals surface area (Å²) < 4.78 is 5.37. The molecule has 5 nitrogen and oxygen atoms in total. The third-order valence-corrected chi connectivity index (χ3v) is 7.25. The normalized spacial score (nSPS) is 23.2. The average molecular weight is 410 g/mol. The molecule has 150 valence electrons. The van der Waals surface area contributed by atoms with E-state index < -0.39 is 16.9 Å². The standard InChI is InChI=1S/C23H23NO4S/c1-15-8-9-18(16(2)12-15)20(25)13-28-22(27)19-14-29-23(11-10-21(26)24(19)23)17-6-4-3-5-7-17/h3-9,12,19H,10-11,13-14H2,1-2H3/t19-,23+/m0/s1. The summed E-state index contributed by atoms with van der Waals surface area (Å²) in [6.45, 7) is 3.52. The van der Waals surface area contributed by atoms with Crippen LogP contribution < -0.4 is 0 Å². The highest BCUT2D eigenvalue weighted by molar-refractivity contribution is 8.00. The third kappa shape index (κ3) is 3.46. The van der Waals surface area contributed by atoms with Gasteiger partial charge in [0.25, 0.3) is 0 Å². The van der Waals surface area contributed by atoms with Gasteiger partial charge in [0.15, 0.2) is 6.61 Å². The number of ether oxygens (including phenoxy) is 1. The van der Waals surface area contributed by atoms with Crippen LogP contribution in [0.25, 0.3) is 0 Å². The topological polar surface area (TPSA) is 63.7 Å². The summed E-state index contributed by atoms with van der Waals surface area (Å²) in [5.74, 6) is -0.314. The second kappa shape index (κ2) is 7.67. The molecule has 2 aliphatic heterocycles. The molecule has 4 rings (SSSR count). The first-order valence-corrected chi connectivity index (χ1v) is 10.7. The van der Waals surface area contributed by atoms with E-state index in [0.717, 1.165) is 16.7 Å². The fraction of sp³-hybridized carbons (Fsp3) is 0.348. The molecule has 0 radical (unpaired) electrons. The van der Waals surface area contributed by atoms with Gasteiger partial charge in [-0.2, -0.15) is 0 Å². The number of carbonyl (C=O) groups excluding carboxylic acids is 3. The van der Waals surface area contributed by atoms with Crippen molar-refractivity contribution in [1.82, 2.24) is 4.90 Å². The minimum atomic E-state index is -0.665. The van der Waals surface area contributed by atoms with Crippen LogP contribution in [0.4, 0.5) is 0 Å². The summed E-state index contributed by atoms with van der Waals surface area (Å²) in [6.07, 6.45) is 1.08. The number of ketones is 1. The number of aryl methyl sites for hydroxylation is 2. The molecular formula is C23H23NO4S. The van der Waals surface area contributed by atoms with Crippen LogP contribution in [-0.2, 0) is 19.2 Å². The Morgan fingerprint density at radius 2 is 1.93 bits per heavy atom. The van der Waals surface area contributed by atoms with Gasteiger partial charge < -0.3 is 9.64 Å². The summed E-state index contributed by atoms with van der Waals surface area (Å²) >= 11 is 1.61. The Bertz CT molecular complexity index is 974. The number of Topliss-reactive ketones (excluding diaryl/α,β-unsaturated/α-hetero) is 1. The molecule has 2 fully saturated rings. The molecular weight excluding hydrogens is 386 g/mol. The molecule has 0 N–H and O–H groups in total. The van der Waals surface area contributed by atoms with E-state index >= 15 is 0 Å². The quantitative estimate of drug-likeness (QED) is 0.558. The highest BCUT2D eigenvalue weighted by atomic mass is 32.2. The molecule has 0 saturated carbocycles. The molecule has 2 saturated heterocycles. The summed E-state index contributed by atoms with van der Waals surface area (Å²) in [4.78, 5) is 39.1. The Hall–Kier alpha value is -2.60. The van der Waals surface area contributed by atoms with E-state index in [2.05, 4.69) is 0 Å². The smallest absolute Gasteiger partial charge is 0.330 e. The Kier molecular flexibility index (Phi) is 5.21. The van der Waals surface area contributed by atoms with Crippen LogP contribution in [0, 0.1) is 13.8 Å². The predicted octanol–water partition coefficient (Wildman–Crippen LogP) is 3.62. The van der Waals surface area contributed by atoms with Crippen molar-refractivity contribution in [2.45, 2.75) is 37.6 Å². The molecule has 6 heteroatoms. The van der Waals surface area contributed by atoms with E-state index in [0.29, 0.717) is 24.2 Å². The number of hydrogen-bond acceptors (Lipinski definition) is 5. The van der Waals surface area contributed by atoms with Crippen LogP contribution in [-0.4, -0.2) is 41.0 Å². The van der Waals surface area contributed by atoms with Crippen molar-refractivity contribution < 1.29 is 19.1 Å². The molecule has 29 heavy (non-hydrogen) atoms. The highest BCUT2D eigenvalue weighted by Gasteiger charge is 2.57. The molecule has 0 bridgehead atoms. The summed E-state index contributed by atoms with van der Waals surface area (Å²) in [7, 11) is 0. The molecule has 2 heterocycles. The van der Waals surface area contributed by atoms with E-state index in [1.165, 1.54) is 0 Å². The number of fused-ring (bicyclic) bond motifs is 1. The van der Waals surface area contributed by atoms with Gasteiger partial charge in [-0.05, 0) is 31.4 Å². The average Bonchev–Trinajstić information content (AvgIpc) is 3.26.